The van der Waals surface area contributed by atoms with Gasteiger partial charge in [0.1, 0.15) is 43.2 Å². The Balaban J connectivity index is 2.35. The van der Waals surface area contributed by atoms with Crippen molar-refractivity contribution in [1.29, 1.82) is 0 Å². The Kier molecular flexibility index (Phi) is 6.36. The van der Waals surface area contributed by atoms with Crippen LogP contribution in [0.4, 0.5) is 0 Å². The van der Waals surface area contributed by atoms with Gasteiger partial charge in [0.15, 0.2) is 6.10 Å². The molecule has 0 radical (unpaired) electrons. The summed E-state index contributed by atoms with van der Waals surface area (Å²) in [4.78, 5) is 0. The van der Waals surface area contributed by atoms with Crippen molar-refractivity contribution in [2.24, 2.45) is 0 Å². The van der Waals surface area contributed by atoms with Crippen molar-refractivity contribution in [3.63, 3.8) is 0 Å². The van der Waals surface area contributed by atoms with Gasteiger partial charge in [0, 0.05) is 7.11 Å². The molecule has 0 spiro atoms. The minimum atomic E-state index is -2.57. The van der Waals surface area contributed by atoms with Crippen LogP contribution in [0.1, 0.15) is 0 Å². The van der Waals surface area contributed by atoms with Crippen LogP contribution in [0.2, 0.25) is 0 Å². The standard InChI is InChI=1S/C13H24O12/c1-22-13(11(21)9(19)7(17)5(2-14)24-13)25-12(4-16)10(20)8(18)6(3-15)23-12/h5-11,14-21H,2-4H2,1H3/t5-,6-,7-,8-,9+,10+,11-,12?,13-/m1/s1. The van der Waals surface area contributed by atoms with E-state index in [4.69, 9.17) is 24.1 Å². The van der Waals surface area contributed by atoms with Gasteiger partial charge in [0.05, 0.1) is 13.2 Å². The smallest absolute Gasteiger partial charge is 0.316 e. The molecule has 2 aliphatic rings. The number of hydrogen-bond acceptors (Lipinski definition) is 12. The molecule has 2 fully saturated rings. The fourth-order valence-corrected chi connectivity index (χ4v) is 2.90. The largest absolute Gasteiger partial charge is 0.394 e. The summed E-state index contributed by atoms with van der Waals surface area (Å²) in [7, 11) is 0.994. The maximum atomic E-state index is 10.2. The number of rotatable bonds is 6. The van der Waals surface area contributed by atoms with E-state index in [2.05, 4.69) is 0 Å². The minimum Gasteiger partial charge on any atom is -0.394 e. The van der Waals surface area contributed by atoms with Gasteiger partial charge in [-0.05, 0) is 0 Å². The zero-order valence-electron chi connectivity index (χ0n) is 13.4. The molecule has 0 aromatic carbocycles. The van der Waals surface area contributed by atoms with E-state index >= 15 is 0 Å². The molecule has 12 nitrogen and oxygen atoms in total. The zero-order chi connectivity index (χ0) is 19.0. The summed E-state index contributed by atoms with van der Waals surface area (Å²) in [6.07, 6.45) is -11.9. The molecule has 25 heavy (non-hydrogen) atoms. The average molecular weight is 372 g/mol. The number of aliphatic hydroxyl groups is 8. The molecule has 8 N–H and O–H groups in total. The maximum absolute atomic E-state index is 10.2. The number of ether oxygens (including phenoxy) is 4. The van der Waals surface area contributed by atoms with Crippen molar-refractivity contribution in [1.82, 2.24) is 0 Å². The van der Waals surface area contributed by atoms with Crippen molar-refractivity contribution in [3.05, 3.63) is 0 Å². The van der Waals surface area contributed by atoms with Gasteiger partial charge in [-0.15, -0.1) is 0 Å². The lowest BCUT2D eigenvalue weighted by Crippen LogP contribution is -2.70. The highest BCUT2D eigenvalue weighted by Crippen LogP contribution is 2.40. The molecular formula is C13H24O12. The molecule has 0 aromatic rings. The fourth-order valence-electron chi connectivity index (χ4n) is 2.90. The van der Waals surface area contributed by atoms with Crippen LogP contribution in [0.5, 0.6) is 0 Å². The highest BCUT2D eigenvalue weighted by molar-refractivity contribution is 5.00. The van der Waals surface area contributed by atoms with Gasteiger partial charge in [-0.1, -0.05) is 0 Å². The monoisotopic (exact) mass is 372 g/mol. The third-order valence-corrected chi connectivity index (χ3v) is 4.42. The molecule has 2 heterocycles. The van der Waals surface area contributed by atoms with Crippen LogP contribution in [-0.2, 0) is 18.9 Å². The van der Waals surface area contributed by atoms with Gasteiger partial charge in [-0.2, -0.15) is 0 Å². The summed E-state index contributed by atoms with van der Waals surface area (Å²) in [5.41, 5.74) is 0. The lowest BCUT2D eigenvalue weighted by atomic mass is 9.97. The normalized spacial score (nSPS) is 51.0. The minimum absolute atomic E-state index is 0.715. The molecule has 9 atom stereocenters. The Labute approximate surface area is 142 Å². The van der Waals surface area contributed by atoms with E-state index in [0.29, 0.717) is 0 Å². The first-order valence-corrected chi connectivity index (χ1v) is 7.55. The van der Waals surface area contributed by atoms with E-state index in [-0.39, 0.29) is 0 Å². The first-order chi connectivity index (χ1) is 11.7. The zero-order valence-corrected chi connectivity index (χ0v) is 13.4. The van der Waals surface area contributed by atoms with Gasteiger partial charge >= 0.3 is 5.97 Å². The fraction of sp³-hybridized carbons (Fsp3) is 1.00. The molecular weight excluding hydrogens is 348 g/mol. The van der Waals surface area contributed by atoms with Crippen molar-refractivity contribution in [3.8, 4) is 0 Å². The Morgan fingerprint density at radius 3 is 1.80 bits per heavy atom. The summed E-state index contributed by atoms with van der Waals surface area (Å²) < 4.78 is 20.7. The first-order valence-electron chi connectivity index (χ1n) is 7.55. The molecule has 1 unspecified atom stereocenters. The quantitative estimate of drug-likeness (QED) is 0.206. The van der Waals surface area contributed by atoms with Gasteiger partial charge < -0.3 is 55.1 Å². The molecule has 2 aliphatic heterocycles. The van der Waals surface area contributed by atoms with E-state index < -0.39 is 74.3 Å². The summed E-state index contributed by atoms with van der Waals surface area (Å²) >= 11 is 0. The predicted molar refractivity (Wildman–Crippen MR) is 74.6 cm³/mol. The molecule has 2 saturated heterocycles. The van der Waals surface area contributed by atoms with Crippen molar-refractivity contribution < 1.29 is 59.8 Å². The lowest BCUT2D eigenvalue weighted by Gasteiger charge is -2.49. The van der Waals surface area contributed by atoms with E-state index in [1.54, 1.807) is 0 Å². The molecule has 0 saturated carbocycles. The van der Waals surface area contributed by atoms with Gasteiger partial charge in [0.2, 0.25) is 5.79 Å². The summed E-state index contributed by atoms with van der Waals surface area (Å²) in [6, 6.07) is 0. The maximum Gasteiger partial charge on any atom is 0.316 e. The van der Waals surface area contributed by atoms with E-state index in [0.717, 1.165) is 7.11 Å². The lowest BCUT2D eigenvalue weighted by molar-refractivity contribution is -0.505. The average Bonchev–Trinajstić information content (AvgIpc) is 2.87. The molecule has 0 aliphatic carbocycles. The van der Waals surface area contributed by atoms with E-state index in [1.165, 1.54) is 0 Å². The number of methoxy groups -OCH3 is 1. The van der Waals surface area contributed by atoms with Crippen LogP contribution in [0.3, 0.4) is 0 Å². The second kappa shape index (κ2) is 7.64. The van der Waals surface area contributed by atoms with Crippen molar-refractivity contribution in [2.45, 2.75) is 54.5 Å². The van der Waals surface area contributed by atoms with E-state index in [1.807, 2.05) is 0 Å². The van der Waals surface area contributed by atoms with E-state index in [9.17, 15) is 35.7 Å². The SMILES string of the molecule is CO[C@@]1(OC2(CO)O[C@H](CO)[C@@H](O)[C@@H]2O)O[C@H](CO)[C@@H](O)[C@H](O)[C@H]1O. The summed E-state index contributed by atoms with van der Waals surface area (Å²) in [5.74, 6) is -4.95. The summed E-state index contributed by atoms with van der Waals surface area (Å²) in [5, 5.41) is 78.0. The van der Waals surface area contributed by atoms with Gasteiger partial charge in [-0.25, -0.2) is 0 Å². The molecule has 0 amide bonds. The number of aliphatic hydroxyl groups excluding tert-OH is 8. The van der Waals surface area contributed by atoms with Crippen LogP contribution in [0.15, 0.2) is 0 Å². The number of hydrogen-bond donors (Lipinski definition) is 8. The van der Waals surface area contributed by atoms with Crippen LogP contribution < -0.4 is 0 Å². The molecule has 0 aromatic heterocycles. The van der Waals surface area contributed by atoms with Crippen molar-refractivity contribution in [2.75, 3.05) is 26.9 Å². The van der Waals surface area contributed by atoms with Crippen LogP contribution >= 0.6 is 0 Å². The van der Waals surface area contributed by atoms with Gasteiger partial charge in [0.25, 0.3) is 0 Å². The predicted octanol–water partition coefficient (Wildman–Crippen LogP) is -5.42. The van der Waals surface area contributed by atoms with Crippen LogP contribution in [0.25, 0.3) is 0 Å². The summed E-state index contributed by atoms with van der Waals surface area (Å²) in [6.45, 7) is -2.55. The third kappa shape index (κ3) is 3.29. The second-order valence-electron chi connectivity index (χ2n) is 5.92. The molecule has 2 rings (SSSR count). The molecule has 12 heteroatoms. The second-order valence-corrected chi connectivity index (χ2v) is 5.92. The van der Waals surface area contributed by atoms with Crippen molar-refractivity contribution >= 4 is 0 Å². The highest BCUT2D eigenvalue weighted by atomic mass is 16.9. The molecule has 148 valence electrons. The first kappa shape index (κ1) is 20.8. The Morgan fingerprint density at radius 1 is 0.800 bits per heavy atom. The Morgan fingerprint density at radius 2 is 1.36 bits per heavy atom. The Hall–Kier alpha value is -0.480. The van der Waals surface area contributed by atoms with Crippen LogP contribution in [-0.4, -0.2) is 122 Å². The van der Waals surface area contributed by atoms with Crippen LogP contribution in [0, 0.1) is 0 Å². The topological polar surface area (TPSA) is 199 Å². The van der Waals surface area contributed by atoms with Gasteiger partial charge in [-0.3, -0.25) is 4.74 Å². The molecule has 0 bridgehead atoms. The Bertz CT molecular complexity index is 449. The highest BCUT2D eigenvalue weighted by Gasteiger charge is 2.64. The third-order valence-electron chi connectivity index (χ3n) is 4.42.